The van der Waals surface area contributed by atoms with E-state index in [1.165, 1.54) is 18.2 Å². The second-order valence-electron chi connectivity index (χ2n) is 5.13. The number of para-hydroxylation sites is 1. The first-order chi connectivity index (χ1) is 12.2. The van der Waals surface area contributed by atoms with Crippen molar-refractivity contribution in [2.24, 2.45) is 0 Å². The molecule has 0 heterocycles. The molecule has 0 aliphatic carbocycles. The fourth-order valence-electron chi connectivity index (χ4n) is 2.18. The first-order valence-electron chi connectivity index (χ1n) is 7.36. The Morgan fingerprint density at radius 1 is 0.962 bits per heavy atom. The third kappa shape index (κ3) is 4.63. The van der Waals surface area contributed by atoms with Crippen molar-refractivity contribution in [2.45, 2.75) is 11.8 Å². The van der Waals surface area contributed by atoms with Crippen LogP contribution in [0.2, 0.25) is 20.1 Å². The van der Waals surface area contributed by atoms with Gasteiger partial charge in [-0.15, -0.1) is 0 Å². The summed E-state index contributed by atoms with van der Waals surface area (Å²) < 4.78 is 26.7. The van der Waals surface area contributed by atoms with Crippen LogP contribution in [-0.4, -0.2) is 31.7 Å². The van der Waals surface area contributed by atoms with Crippen molar-refractivity contribution in [3.05, 3.63) is 56.5 Å². The third-order valence-electron chi connectivity index (χ3n) is 3.42. The van der Waals surface area contributed by atoms with Crippen molar-refractivity contribution in [2.75, 3.05) is 18.4 Å². The Bertz CT molecular complexity index is 895. The van der Waals surface area contributed by atoms with Crippen LogP contribution in [-0.2, 0) is 14.8 Å². The lowest BCUT2D eigenvalue weighted by Crippen LogP contribution is -2.38. The number of likely N-dealkylation sites (N-methyl/N-ethyl adjacent to an activating group) is 1. The third-order valence-corrected chi connectivity index (χ3v) is 6.92. The zero-order valence-electron chi connectivity index (χ0n) is 13.5. The van der Waals surface area contributed by atoms with E-state index in [2.05, 4.69) is 5.32 Å². The molecule has 1 N–H and O–H groups in total. The quantitative estimate of drug-likeness (QED) is 0.669. The van der Waals surface area contributed by atoms with Crippen molar-refractivity contribution in [3.63, 3.8) is 0 Å². The first kappa shape index (κ1) is 21.3. The summed E-state index contributed by atoms with van der Waals surface area (Å²) in [6.45, 7) is 1.17. The minimum atomic E-state index is -4.08. The summed E-state index contributed by atoms with van der Waals surface area (Å²) in [6, 6.07) is 9.10. The van der Waals surface area contributed by atoms with Crippen molar-refractivity contribution >= 4 is 68.0 Å². The van der Waals surface area contributed by atoms with Gasteiger partial charge in [0.05, 0.1) is 32.3 Å². The van der Waals surface area contributed by atoms with Crippen LogP contribution < -0.4 is 5.32 Å². The van der Waals surface area contributed by atoms with Gasteiger partial charge in [-0.3, -0.25) is 4.79 Å². The van der Waals surface area contributed by atoms with Crippen LogP contribution in [0.5, 0.6) is 0 Å². The summed E-state index contributed by atoms with van der Waals surface area (Å²) >= 11 is 24.0. The molecule has 10 heteroatoms. The predicted molar refractivity (Wildman–Crippen MR) is 106 cm³/mol. The molecule has 26 heavy (non-hydrogen) atoms. The van der Waals surface area contributed by atoms with Crippen LogP contribution in [0.15, 0.2) is 41.3 Å². The van der Waals surface area contributed by atoms with E-state index < -0.39 is 22.5 Å². The van der Waals surface area contributed by atoms with Gasteiger partial charge < -0.3 is 5.32 Å². The molecule has 0 radical (unpaired) electrons. The van der Waals surface area contributed by atoms with Crippen LogP contribution >= 0.6 is 46.4 Å². The average Bonchev–Trinajstić information content (AvgIpc) is 2.55. The topological polar surface area (TPSA) is 66.5 Å². The lowest BCUT2D eigenvalue weighted by atomic mass is 10.3. The van der Waals surface area contributed by atoms with Gasteiger partial charge in [-0.25, -0.2) is 8.42 Å². The van der Waals surface area contributed by atoms with Gasteiger partial charge in [0.1, 0.15) is 4.90 Å². The van der Waals surface area contributed by atoms with Gasteiger partial charge >= 0.3 is 0 Å². The fourth-order valence-corrected chi connectivity index (χ4v) is 5.17. The van der Waals surface area contributed by atoms with Gasteiger partial charge in [-0.2, -0.15) is 4.31 Å². The van der Waals surface area contributed by atoms with Crippen LogP contribution in [0.4, 0.5) is 5.69 Å². The monoisotopic (exact) mass is 454 g/mol. The number of carbonyl (C=O) groups excluding carboxylic acids is 1. The highest BCUT2D eigenvalue weighted by Crippen LogP contribution is 2.32. The normalized spacial score (nSPS) is 11.6. The van der Waals surface area contributed by atoms with Gasteiger partial charge in [0.2, 0.25) is 15.9 Å². The Morgan fingerprint density at radius 3 is 1.88 bits per heavy atom. The molecular formula is C16H14Cl4N2O3S. The molecule has 0 saturated carbocycles. The maximum absolute atomic E-state index is 12.9. The SMILES string of the molecule is CCN(CC(=O)Nc1c(Cl)cccc1Cl)S(=O)(=O)c1c(Cl)cccc1Cl. The van der Waals surface area contributed by atoms with Gasteiger partial charge in [-0.1, -0.05) is 65.5 Å². The zero-order chi connectivity index (χ0) is 19.5. The van der Waals surface area contributed by atoms with Gasteiger partial charge in [0, 0.05) is 6.54 Å². The number of anilines is 1. The number of nitrogens with zero attached hydrogens (tertiary/aromatic N) is 1. The van der Waals surface area contributed by atoms with Crippen molar-refractivity contribution < 1.29 is 13.2 Å². The molecule has 1 amide bonds. The van der Waals surface area contributed by atoms with E-state index in [1.54, 1.807) is 25.1 Å². The minimum absolute atomic E-state index is 0.0227. The number of benzene rings is 2. The second-order valence-corrected chi connectivity index (χ2v) is 8.63. The number of sulfonamides is 1. The number of rotatable bonds is 6. The van der Waals surface area contributed by atoms with Crippen molar-refractivity contribution in [1.29, 1.82) is 0 Å². The van der Waals surface area contributed by atoms with Crippen molar-refractivity contribution in [3.8, 4) is 0 Å². The largest absolute Gasteiger partial charge is 0.322 e. The van der Waals surface area contributed by atoms with Crippen LogP contribution in [0, 0.1) is 0 Å². The summed E-state index contributed by atoms with van der Waals surface area (Å²) in [5, 5.41) is 2.96. The van der Waals surface area contributed by atoms with E-state index in [0.29, 0.717) is 0 Å². The van der Waals surface area contributed by atoms with E-state index >= 15 is 0 Å². The molecule has 0 spiro atoms. The van der Waals surface area contributed by atoms with Gasteiger partial charge in [0.25, 0.3) is 0 Å². The smallest absolute Gasteiger partial charge is 0.246 e. The lowest BCUT2D eigenvalue weighted by Gasteiger charge is -2.21. The maximum atomic E-state index is 12.9. The molecule has 0 atom stereocenters. The summed E-state index contributed by atoms with van der Waals surface area (Å²) in [7, 11) is -4.08. The predicted octanol–water partition coefficient (Wildman–Crippen LogP) is 4.95. The van der Waals surface area contributed by atoms with Crippen LogP contribution in [0.3, 0.4) is 0 Å². The van der Waals surface area contributed by atoms with E-state index in [4.69, 9.17) is 46.4 Å². The van der Waals surface area contributed by atoms with E-state index in [9.17, 15) is 13.2 Å². The summed E-state index contributed by atoms with van der Waals surface area (Å²) in [5.74, 6) is -0.603. The van der Waals surface area contributed by atoms with E-state index in [-0.39, 0.29) is 37.2 Å². The molecule has 2 rings (SSSR count). The highest BCUT2D eigenvalue weighted by atomic mass is 35.5. The van der Waals surface area contributed by atoms with E-state index in [0.717, 1.165) is 4.31 Å². The number of nitrogens with one attached hydrogen (secondary N) is 1. The number of hydrogen-bond donors (Lipinski definition) is 1. The standard InChI is InChI=1S/C16H14Cl4N2O3S/c1-2-22(26(24,25)16-12(19)7-4-8-13(16)20)9-14(23)21-15-10(17)5-3-6-11(15)18/h3-8H,2,9H2,1H3,(H,21,23). The minimum Gasteiger partial charge on any atom is -0.322 e. The van der Waals surface area contributed by atoms with Crippen LogP contribution in [0.1, 0.15) is 6.92 Å². The molecule has 2 aromatic rings. The van der Waals surface area contributed by atoms with Crippen LogP contribution in [0.25, 0.3) is 0 Å². The fraction of sp³-hybridized carbons (Fsp3) is 0.188. The maximum Gasteiger partial charge on any atom is 0.246 e. The number of halogens is 4. The van der Waals surface area contributed by atoms with Gasteiger partial charge in [-0.05, 0) is 24.3 Å². The number of carbonyl (C=O) groups is 1. The Kier molecular flexibility index (Phi) is 7.19. The zero-order valence-corrected chi connectivity index (χ0v) is 17.3. The first-order valence-corrected chi connectivity index (χ1v) is 10.3. The van der Waals surface area contributed by atoms with Gasteiger partial charge in [0.15, 0.2) is 0 Å². The lowest BCUT2D eigenvalue weighted by molar-refractivity contribution is -0.116. The number of hydrogen-bond acceptors (Lipinski definition) is 3. The van der Waals surface area contributed by atoms with E-state index in [1.807, 2.05) is 0 Å². The molecule has 5 nitrogen and oxygen atoms in total. The molecule has 0 fully saturated rings. The molecule has 0 saturated heterocycles. The summed E-state index contributed by atoms with van der Waals surface area (Å²) in [5.41, 5.74) is 0.213. The van der Waals surface area contributed by atoms with Crippen molar-refractivity contribution in [1.82, 2.24) is 4.31 Å². The number of amides is 1. The molecule has 0 aliphatic rings. The molecule has 0 unspecified atom stereocenters. The Hall–Kier alpha value is -1.02. The molecular weight excluding hydrogens is 442 g/mol. The highest BCUT2D eigenvalue weighted by molar-refractivity contribution is 7.89. The Labute approximate surface area is 171 Å². The Morgan fingerprint density at radius 2 is 1.42 bits per heavy atom. The molecule has 0 aromatic heterocycles. The molecule has 0 aliphatic heterocycles. The molecule has 0 bridgehead atoms. The average molecular weight is 456 g/mol. The summed E-state index contributed by atoms with van der Waals surface area (Å²) in [6.07, 6.45) is 0. The summed E-state index contributed by atoms with van der Waals surface area (Å²) in [4.78, 5) is 12.1. The second kappa shape index (κ2) is 8.78. The Balaban J connectivity index is 2.27. The molecule has 2 aromatic carbocycles. The highest BCUT2D eigenvalue weighted by Gasteiger charge is 2.29. The molecule has 140 valence electrons.